The van der Waals surface area contributed by atoms with Gasteiger partial charge in [0.05, 0.1) is 23.9 Å². The summed E-state index contributed by atoms with van der Waals surface area (Å²) >= 11 is 0. The second kappa shape index (κ2) is 6.10. The van der Waals surface area contributed by atoms with Gasteiger partial charge in [-0.2, -0.15) is 0 Å². The van der Waals surface area contributed by atoms with Crippen LogP contribution in [0, 0.1) is 0 Å². The van der Waals surface area contributed by atoms with Crippen LogP contribution in [0.3, 0.4) is 0 Å². The maximum Gasteiger partial charge on any atom is 0.237 e. The zero-order chi connectivity index (χ0) is 16.4. The third kappa shape index (κ3) is 3.25. The number of carbonyl (C=O) groups excluding carboxylic acids is 1. The molecule has 0 spiro atoms. The summed E-state index contributed by atoms with van der Waals surface area (Å²) in [6, 6.07) is 11.2. The molecule has 1 aromatic carbocycles. The lowest BCUT2D eigenvalue weighted by atomic mass is 10.0. The fourth-order valence-electron chi connectivity index (χ4n) is 2.57. The molecule has 0 radical (unpaired) electrons. The topological polar surface area (TPSA) is 88.2 Å². The van der Waals surface area contributed by atoms with Crippen LogP contribution in [0.5, 0.6) is 0 Å². The van der Waals surface area contributed by atoms with Crippen molar-refractivity contribution in [2.45, 2.75) is 38.0 Å². The molecular weight excluding hydrogens is 290 g/mol. The van der Waals surface area contributed by atoms with Crippen LogP contribution in [0.4, 0.5) is 0 Å². The number of hydrogen-bond acceptors (Lipinski definition) is 4. The molecule has 0 aliphatic heterocycles. The van der Waals surface area contributed by atoms with Gasteiger partial charge >= 0.3 is 0 Å². The van der Waals surface area contributed by atoms with E-state index < -0.39 is 6.04 Å². The number of aliphatic hydroxyl groups excluding tert-OH is 1. The van der Waals surface area contributed by atoms with Crippen molar-refractivity contribution < 1.29 is 9.90 Å². The normalized spacial score (nSPS) is 16.7. The lowest BCUT2D eigenvalue weighted by Gasteiger charge is -2.18. The van der Waals surface area contributed by atoms with E-state index in [9.17, 15) is 4.79 Å². The molecule has 2 aromatic rings. The van der Waals surface area contributed by atoms with Crippen molar-refractivity contribution in [2.24, 2.45) is 5.73 Å². The van der Waals surface area contributed by atoms with Crippen LogP contribution >= 0.6 is 0 Å². The van der Waals surface area contributed by atoms with Crippen molar-refractivity contribution >= 4 is 5.91 Å². The van der Waals surface area contributed by atoms with Crippen molar-refractivity contribution in [2.75, 3.05) is 0 Å². The molecule has 0 unspecified atom stereocenters. The Morgan fingerprint density at radius 2 is 1.91 bits per heavy atom. The molecule has 23 heavy (non-hydrogen) atoms. The largest absolute Gasteiger partial charge is 0.392 e. The van der Waals surface area contributed by atoms with E-state index in [1.807, 2.05) is 42.6 Å². The van der Waals surface area contributed by atoms with Crippen LogP contribution in [0.15, 0.2) is 42.6 Å². The summed E-state index contributed by atoms with van der Waals surface area (Å²) in [6.07, 6.45) is 3.60. The number of benzene rings is 1. The number of aliphatic hydroxyl groups is 1. The number of carbonyl (C=O) groups is 1. The average Bonchev–Trinajstić information content (AvgIpc) is 3.36. The van der Waals surface area contributed by atoms with Crippen LogP contribution in [-0.2, 0) is 16.9 Å². The number of nitrogens with two attached hydrogens (primary N) is 1. The van der Waals surface area contributed by atoms with Gasteiger partial charge in [-0.3, -0.25) is 9.78 Å². The highest BCUT2D eigenvalue weighted by molar-refractivity contribution is 5.82. The molecule has 5 heteroatoms. The fourth-order valence-corrected chi connectivity index (χ4v) is 2.57. The van der Waals surface area contributed by atoms with Gasteiger partial charge in [0.15, 0.2) is 0 Å². The van der Waals surface area contributed by atoms with Crippen LogP contribution in [0.2, 0.25) is 0 Å². The van der Waals surface area contributed by atoms with Crippen LogP contribution in [0.25, 0.3) is 11.1 Å². The molecule has 1 aliphatic carbocycles. The minimum absolute atomic E-state index is 0.0409. The first-order valence-corrected chi connectivity index (χ1v) is 7.78. The van der Waals surface area contributed by atoms with Crippen LogP contribution < -0.4 is 11.1 Å². The number of aromatic nitrogens is 1. The van der Waals surface area contributed by atoms with E-state index in [2.05, 4.69) is 10.3 Å². The molecule has 1 amide bonds. The number of nitrogens with zero attached hydrogens (tertiary/aromatic N) is 1. The molecule has 5 nitrogen and oxygen atoms in total. The Morgan fingerprint density at radius 1 is 1.26 bits per heavy atom. The smallest absolute Gasteiger partial charge is 0.237 e. The van der Waals surface area contributed by atoms with E-state index >= 15 is 0 Å². The second-order valence-electron chi connectivity index (χ2n) is 6.15. The first-order chi connectivity index (χ1) is 11.0. The van der Waals surface area contributed by atoms with E-state index in [0.29, 0.717) is 0 Å². The lowest BCUT2D eigenvalue weighted by Crippen LogP contribution is -2.44. The first kappa shape index (κ1) is 15.6. The Morgan fingerprint density at radius 3 is 2.39 bits per heavy atom. The number of amides is 1. The predicted molar refractivity (Wildman–Crippen MR) is 88.3 cm³/mol. The van der Waals surface area contributed by atoms with Crippen LogP contribution in [0.1, 0.15) is 31.0 Å². The van der Waals surface area contributed by atoms with E-state index in [4.69, 9.17) is 10.8 Å². The summed E-state index contributed by atoms with van der Waals surface area (Å²) in [5.41, 5.74) is 9.09. The predicted octanol–water partition coefficient (Wildman–Crippen LogP) is 1.69. The molecule has 1 aliphatic rings. The molecular formula is C18H21N3O2. The second-order valence-corrected chi connectivity index (χ2v) is 6.15. The van der Waals surface area contributed by atoms with E-state index in [1.54, 1.807) is 6.92 Å². The average molecular weight is 311 g/mol. The highest BCUT2D eigenvalue weighted by atomic mass is 16.3. The zero-order valence-corrected chi connectivity index (χ0v) is 13.1. The summed E-state index contributed by atoms with van der Waals surface area (Å²) in [6.45, 7) is 1.72. The van der Waals surface area contributed by atoms with Gasteiger partial charge < -0.3 is 16.2 Å². The molecule has 1 heterocycles. The van der Waals surface area contributed by atoms with Crippen molar-refractivity contribution in [3.05, 3.63) is 53.9 Å². The van der Waals surface area contributed by atoms with Gasteiger partial charge in [0.2, 0.25) is 5.91 Å². The Bertz CT molecular complexity index is 689. The lowest BCUT2D eigenvalue weighted by molar-refractivity contribution is -0.123. The molecule has 0 saturated heterocycles. The SMILES string of the molecule is C[C@H](N)C(=O)NC1(c2ccc(-c3ccc(CO)cc3)cn2)CC1. The molecule has 4 N–H and O–H groups in total. The standard InChI is InChI=1S/C18H21N3O2/c1-12(19)17(23)21-18(8-9-18)16-7-6-15(10-20-16)14-4-2-13(11-22)3-5-14/h2-7,10,12,22H,8-9,11,19H2,1H3,(H,21,23)/t12-/m0/s1. The summed E-state index contributed by atoms with van der Waals surface area (Å²) < 4.78 is 0. The van der Waals surface area contributed by atoms with Gasteiger partial charge in [0.1, 0.15) is 0 Å². The number of rotatable bonds is 5. The maximum atomic E-state index is 11.8. The molecule has 1 aromatic heterocycles. The Hall–Kier alpha value is -2.24. The van der Waals surface area contributed by atoms with Crippen LogP contribution in [-0.4, -0.2) is 22.0 Å². The number of nitrogens with one attached hydrogen (secondary N) is 1. The fraction of sp³-hybridized carbons (Fsp3) is 0.333. The van der Waals surface area contributed by atoms with Gasteiger partial charge in [-0.25, -0.2) is 0 Å². The minimum atomic E-state index is -0.517. The Kier molecular flexibility index (Phi) is 4.15. The van der Waals surface area contributed by atoms with Crippen molar-refractivity contribution in [3.63, 3.8) is 0 Å². The quantitative estimate of drug-likeness (QED) is 0.784. The van der Waals surface area contributed by atoms with Gasteiger partial charge in [0.25, 0.3) is 0 Å². The van der Waals surface area contributed by atoms with Gasteiger partial charge in [-0.05, 0) is 37.0 Å². The minimum Gasteiger partial charge on any atom is -0.392 e. The van der Waals surface area contributed by atoms with Gasteiger partial charge in [-0.15, -0.1) is 0 Å². The summed E-state index contributed by atoms with van der Waals surface area (Å²) in [5.74, 6) is -0.145. The molecule has 3 rings (SSSR count). The number of hydrogen-bond donors (Lipinski definition) is 3. The summed E-state index contributed by atoms with van der Waals surface area (Å²) in [4.78, 5) is 16.4. The summed E-state index contributed by atoms with van der Waals surface area (Å²) in [5, 5.41) is 12.1. The molecule has 0 bridgehead atoms. The van der Waals surface area contributed by atoms with Gasteiger partial charge in [-0.1, -0.05) is 30.3 Å². The third-order valence-corrected chi connectivity index (χ3v) is 4.25. The van der Waals surface area contributed by atoms with Crippen molar-refractivity contribution in [1.29, 1.82) is 0 Å². The van der Waals surface area contributed by atoms with Crippen molar-refractivity contribution in [1.82, 2.24) is 10.3 Å². The Balaban J connectivity index is 1.78. The Labute approximate surface area is 135 Å². The summed E-state index contributed by atoms with van der Waals surface area (Å²) in [7, 11) is 0. The molecule has 1 atom stereocenters. The first-order valence-electron chi connectivity index (χ1n) is 7.78. The highest BCUT2D eigenvalue weighted by Crippen LogP contribution is 2.44. The van der Waals surface area contributed by atoms with E-state index in [-0.39, 0.29) is 18.1 Å². The zero-order valence-electron chi connectivity index (χ0n) is 13.1. The molecule has 120 valence electrons. The van der Waals surface area contributed by atoms with E-state index in [1.165, 1.54) is 0 Å². The highest BCUT2D eigenvalue weighted by Gasteiger charge is 2.47. The van der Waals surface area contributed by atoms with Gasteiger partial charge in [0, 0.05) is 11.8 Å². The maximum absolute atomic E-state index is 11.8. The molecule has 1 saturated carbocycles. The third-order valence-electron chi connectivity index (χ3n) is 4.25. The van der Waals surface area contributed by atoms with E-state index in [0.717, 1.165) is 35.2 Å². The number of pyridine rings is 1. The monoisotopic (exact) mass is 311 g/mol. The van der Waals surface area contributed by atoms with Crippen molar-refractivity contribution in [3.8, 4) is 11.1 Å². The molecule has 1 fully saturated rings.